The van der Waals surface area contributed by atoms with Gasteiger partial charge in [0.05, 0.1) is 35.7 Å². The number of hydrogen-bond donors (Lipinski definition) is 2. The summed E-state index contributed by atoms with van der Waals surface area (Å²) >= 11 is 0. The lowest BCUT2D eigenvalue weighted by Gasteiger charge is -2.18. The first-order valence-corrected chi connectivity index (χ1v) is 9.74. The third-order valence-corrected chi connectivity index (χ3v) is 4.78. The number of aromatic nitrogens is 4. The summed E-state index contributed by atoms with van der Waals surface area (Å²) in [5, 5.41) is 0. The molecule has 0 spiro atoms. The van der Waals surface area contributed by atoms with Crippen LogP contribution in [0.2, 0.25) is 0 Å². The molecule has 158 valence electrons. The van der Waals surface area contributed by atoms with Gasteiger partial charge in [-0.3, -0.25) is 4.98 Å². The molecule has 0 unspecified atom stereocenters. The SMILES string of the molecule is Cc1cccc(-c2[nH]c(CN(C)c3ccccc3F)nc2-c2ccc(N=CN)nc2)n1.[HH]. The van der Waals surface area contributed by atoms with Crippen molar-refractivity contribution >= 4 is 17.8 Å². The highest BCUT2D eigenvalue weighted by Crippen LogP contribution is 2.30. The molecule has 3 N–H and O–H groups in total. The van der Waals surface area contributed by atoms with Gasteiger partial charge in [0.25, 0.3) is 0 Å². The van der Waals surface area contributed by atoms with Gasteiger partial charge in [-0.15, -0.1) is 0 Å². The zero-order valence-electron chi connectivity index (χ0n) is 17.2. The van der Waals surface area contributed by atoms with E-state index in [1.165, 1.54) is 12.4 Å². The molecule has 0 amide bonds. The summed E-state index contributed by atoms with van der Waals surface area (Å²) in [7, 11) is 1.83. The van der Waals surface area contributed by atoms with Crippen molar-refractivity contribution in [3.63, 3.8) is 0 Å². The van der Waals surface area contributed by atoms with Crippen LogP contribution in [-0.2, 0) is 6.54 Å². The van der Waals surface area contributed by atoms with Gasteiger partial charge >= 0.3 is 0 Å². The Hall–Kier alpha value is -4.07. The minimum absolute atomic E-state index is 0. The van der Waals surface area contributed by atoms with E-state index in [2.05, 4.69) is 19.9 Å². The summed E-state index contributed by atoms with van der Waals surface area (Å²) < 4.78 is 14.2. The van der Waals surface area contributed by atoms with Crippen molar-refractivity contribution in [2.24, 2.45) is 10.7 Å². The van der Waals surface area contributed by atoms with Crippen molar-refractivity contribution in [3.8, 4) is 22.6 Å². The maximum atomic E-state index is 14.2. The zero-order chi connectivity index (χ0) is 21.8. The molecule has 1 aromatic carbocycles. The highest BCUT2D eigenvalue weighted by Gasteiger charge is 2.17. The number of halogens is 1. The van der Waals surface area contributed by atoms with Crippen LogP contribution < -0.4 is 10.6 Å². The molecule has 0 atom stereocenters. The molecule has 4 rings (SSSR count). The maximum Gasteiger partial charge on any atom is 0.153 e. The van der Waals surface area contributed by atoms with Crippen LogP contribution in [0.5, 0.6) is 0 Å². The summed E-state index contributed by atoms with van der Waals surface area (Å²) in [4.78, 5) is 22.9. The van der Waals surface area contributed by atoms with Gasteiger partial charge in [-0.2, -0.15) is 0 Å². The predicted molar refractivity (Wildman–Crippen MR) is 123 cm³/mol. The number of nitrogens with one attached hydrogen (secondary N) is 1. The Morgan fingerprint density at radius 3 is 2.68 bits per heavy atom. The van der Waals surface area contributed by atoms with Gasteiger partial charge in [0.2, 0.25) is 0 Å². The number of imidazole rings is 1. The van der Waals surface area contributed by atoms with Crippen LogP contribution in [0.4, 0.5) is 15.9 Å². The first-order chi connectivity index (χ1) is 15.0. The normalized spacial score (nSPS) is 11.2. The van der Waals surface area contributed by atoms with E-state index in [1.807, 2.05) is 49.2 Å². The van der Waals surface area contributed by atoms with E-state index in [1.54, 1.807) is 24.4 Å². The first-order valence-electron chi connectivity index (χ1n) is 9.74. The monoisotopic (exact) mass is 417 g/mol. The Kier molecular flexibility index (Phi) is 5.70. The number of aromatic amines is 1. The number of anilines is 1. The molecule has 3 heterocycles. The number of pyridine rings is 2. The Balaban J connectivity index is 0.00000289. The smallest absolute Gasteiger partial charge is 0.153 e. The number of nitrogens with zero attached hydrogens (tertiary/aromatic N) is 5. The Labute approximate surface area is 181 Å². The summed E-state index contributed by atoms with van der Waals surface area (Å²) in [6, 6.07) is 16.1. The lowest BCUT2D eigenvalue weighted by molar-refractivity contribution is 0.621. The van der Waals surface area contributed by atoms with Gasteiger partial charge in [0.15, 0.2) is 5.82 Å². The Morgan fingerprint density at radius 2 is 1.97 bits per heavy atom. The molecule has 0 aliphatic rings. The lowest BCUT2D eigenvalue weighted by atomic mass is 10.1. The molecule has 3 aromatic heterocycles. The molecular weight excluding hydrogens is 393 g/mol. The topological polar surface area (TPSA) is 96.1 Å². The van der Waals surface area contributed by atoms with Crippen molar-refractivity contribution in [3.05, 3.63) is 78.1 Å². The number of nitrogens with two attached hydrogens (primary N) is 1. The zero-order valence-corrected chi connectivity index (χ0v) is 17.2. The van der Waals surface area contributed by atoms with Crippen LogP contribution in [0.15, 0.2) is 65.8 Å². The van der Waals surface area contributed by atoms with Gasteiger partial charge in [0.1, 0.15) is 11.6 Å². The number of benzene rings is 1. The molecular formula is C23H24FN7. The van der Waals surface area contributed by atoms with E-state index in [0.717, 1.165) is 22.6 Å². The van der Waals surface area contributed by atoms with Crippen LogP contribution in [0.25, 0.3) is 22.6 Å². The third-order valence-electron chi connectivity index (χ3n) is 4.78. The van der Waals surface area contributed by atoms with Crippen molar-refractivity contribution in [2.75, 3.05) is 11.9 Å². The average Bonchev–Trinajstić information content (AvgIpc) is 3.18. The summed E-state index contributed by atoms with van der Waals surface area (Å²) in [6.45, 7) is 2.33. The molecule has 0 saturated carbocycles. The number of H-pyrrole nitrogens is 1. The highest BCUT2D eigenvalue weighted by molar-refractivity contribution is 5.77. The Bertz CT molecular complexity index is 1220. The minimum Gasteiger partial charge on any atom is -0.390 e. The number of aryl methyl sites for hydroxylation is 1. The number of para-hydroxylation sites is 1. The predicted octanol–water partition coefficient (Wildman–Crippen LogP) is 4.48. The molecule has 0 aliphatic heterocycles. The largest absolute Gasteiger partial charge is 0.390 e. The quantitative estimate of drug-likeness (QED) is 0.356. The van der Waals surface area contributed by atoms with Crippen molar-refractivity contribution in [1.29, 1.82) is 0 Å². The van der Waals surface area contributed by atoms with Crippen LogP contribution in [0.3, 0.4) is 0 Å². The molecule has 7 nitrogen and oxygen atoms in total. The fourth-order valence-electron chi connectivity index (χ4n) is 3.32. The van der Waals surface area contributed by atoms with E-state index in [9.17, 15) is 4.39 Å². The molecule has 0 bridgehead atoms. The van der Waals surface area contributed by atoms with Gasteiger partial charge in [-0.05, 0) is 43.3 Å². The van der Waals surface area contributed by atoms with E-state index in [-0.39, 0.29) is 7.24 Å². The second kappa shape index (κ2) is 8.74. The number of aliphatic imine (C=N–C) groups is 1. The second-order valence-electron chi connectivity index (χ2n) is 7.06. The number of rotatable bonds is 6. The maximum absolute atomic E-state index is 14.2. The third kappa shape index (κ3) is 4.42. The van der Waals surface area contributed by atoms with E-state index < -0.39 is 0 Å². The Morgan fingerprint density at radius 1 is 1.13 bits per heavy atom. The fraction of sp³-hybridized carbons (Fsp3) is 0.130. The van der Waals surface area contributed by atoms with E-state index >= 15 is 0 Å². The van der Waals surface area contributed by atoms with Gasteiger partial charge < -0.3 is 15.6 Å². The van der Waals surface area contributed by atoms with Gasteiger partial charge in [0, 0.05) is 25.9 Å². The van der Waals surface area contributed by atoms with Crippen LogP contribution in [0.1, 0.15) is 12.9 Å². The van der Waals surface area contributed by atoms with Crippen LogP contribution in [0, 0.1) is 12.7 Å². The highest BCUT2D eigenvalue weighted by atomic mass is 19.1. The average molecular weight is 417 g/mol. The van der Waals surface area contributed by atoms with Gasteiger partial charge in [-0.25, -0.2) is 19.4 Å². The van der Waals surface area contributed by atoms with Crippen molar-refractivity contribution in [1.82, 2.24) is 19.9 Å². The summed E-state index contributed by atoms with van der Waals surface area (Å²) in [5.74, 6) is 0.914. The molecule has 0 aliphatic carbocycles. The molecule has 8 heteroatoms. The standard InChI is InChI=1S/C23H22FN7.H2/c1-15-6-5-8-18(28-15)23-22(16-10-11-20(26-12-16)27-14-25)29-21(30-23)13-31(2)19-9-4-3-7-17(19)24;/h3-12,14H,13H2,1-2H3,(H,29,30)(H2,25,26,27);1H. The summed E-state index contributed by atoms with van der Waals surface area (Å²) in [5.41, 5.74) is 9.81. The minimum atomic E-state index is -0.280. The second-order valence-corrected chi connectivity index (χ2v) is 7.06. The van der Waals surface area contributed by atoms with Crippen LogP contribution in [-0.4, -0.2) is 33.3 Å². The van der Waals surface area contributed by atoms with Crippen molar-refractivity contribution in [2.45, 2.75) is 13.5 Å². The molecule has 0 fully saturated rings. The number of hydrogen-bond acceptors (Lipinski definition) is 5. The first kappa shape index (κ1) is 20.2. The lowest BCUT2D eigenvalue weighted by Crippen LogP contribution is -2.18. The van der Waals surface area contributed by atoms with Crippen LogP contribution >= 0.6 is 0 Å². The molecule has 0 radical (unpaired) electrons. The fourth-order valence-corrected chi connectivity index (χ4v) is 3.32. The van der Waals surface area contributed by atoms with E-state index in [4.69, 9.17) is 10.7 Å². The van der Waals surface area contributed by atoms with Gasteiger partial charge in [-0.1, -0.05) is 18.2 Å². The molecule has 4 aromatic rings. The molecule has 31 heavy (non-hydrogen) atoms. The van der Waals surface area contributed by atoms with Crippen molar-refractivity contribution < 1.29 is 5.82 Å². The molecule has 0 saturated heterocycles. The summed E-state index contributed by atoms with van der Waals surface area (Å²) in [6.07, 6.45) is 2.90. The van der Waals surface area contributed by atoms with E-state index in [0.29, 0.717) is 29.6 Å².